The number of piperazine rings is 1. The Kier molecular flexibility index (Phi) is 4.52. The average molecular weight is 293 g/mol. The van der Waals surface area contributed by atoms with E-state index in [2.05, 4.69) is 5.32 Å². The molecule has 1 aliphatic heterocycles. The molecule has 0 aromatic heterocycles. The Morgan fingerprint density at radius 1 is 1.19 bits per heavy atom. The largest absolute Gasteiger partial charge is 0.333 e. The first-order valence-corrected chi connectivity index (χ1v) is 6.65. The maximum atomic E-state index is 13.4. The van der Waals surface area contributed by atoms with Gasteiger partial charge in [-0.3, -0.25) is 14.4 Å². The monoisotopic (exact) mass is 293 g/mol. The SMILES string of the molecule is CCN1CCN(CC(=O)Nc2ccccc2F)C(=O)C1=O. The second-order valence-corrected chi connectivity index (χ2v) is 4.64. The molecule has 0 saturated carbocycles. The number of para-hydroxylation sites is 1. The van der Waals surface area contributed by atoms with Gasteiger partial charge in [-0.2, -0.15) is 0 Å². The smallest absolute Gasteiger partial charge is 0.312 e. The minimum absolute atomic E-state index is 0.0495. The van der Waals surface area contributed by atoms with Gasteiger partial charge in [0.15, 0.2) is 0 Å². The minimum Gasteiger partial charge on any atom is -0.333 e. The van der Waals surface area contributed by atoms with Gasteiger partial charge in [-0.05, 0) is 19.1 Å². The van der Waals surface area contributed by atoms with E-state index in [1.54, 1.807) is 13.0 Å². The van der Waals surface area contributed by atoms with Crippen molar-refractivity contribution in [2.45, 2.75) is 6.92 Å². The first-order chi connectivity index (χ1) is 10.0. The molecule has 7 heteroatoms. The summed E-state index contributed by atoms with van der Waals surface area (Å²) in [6.45, 7) is 2.67. The summed E-state index contributed by atoms with van der Waals surface area (Å²) >= 11 is 0. The van der Waals surface area contributed by atoms with Gasteiger partial charge in [-0.1, -0.05) is 12.1 Å². The van der Waals surface area contributed by atoms with Crippen molar-refractivity contribution in [3.63, 3.8) is 0 Å². The van der Waals surface area contributed by atoms with Crippen molar-refractivity contribution in [3.8, 4) is 0 Å². The molecular formula is C14H16FN3O3. The summed E-state index contributed by atoms with van der Waals surface area (Å²) < 4.78 is 13.4. The molecule has 0 bridgehead atoms. The van der Waals surface area contributed by atoms with Gasteiger partial charge in [-0.15, -0.1) is 0 Å². The van der Waals surface area contributed by atoms with Gasteiger partial charge < -0.3 is 15.1 Å². The Hall–Kier alpha value is -2.44. The van der Waals surface area contributed by atoms with E-state index < -0.39 is 23.5 Å². The predicted octanol–water partition coefficient (Wildman–Crippen LogP) is 0.455. The van der Waals surface area contributed by atoms with E-state index in [0.717, 1.165) is 0 Å². The van der Waals surface area contributed by atoms with E-state index in [-0.39, 0.29) is 12.2 Å². The Morgan fingerprint density at radius 3 is 2.48 bits per heavy atom. The highest BCUT2D eigenvalue weighted by atomic mass is 19.1. The van der Waals surface area contributed by atoms with E-state index in [1.807, 2.05) is 0 Å². The third-order valence-electron chi connectivity index (χ3n) is 3.26. The van der Waals surface area contributed by atoms with Crippen molar-refractivity contribution in [3.05, 3.63) is 30.1 Å². The second-order valence-electron chi connectivity index (χ2n) is 4.64. The number of nitrogens with one attached hydrogen (secondary N) is 1. The van der Waals surface area contributed by atoms with Gasteiger partial charge in [0.1, 0.15) is 12.4 Å². The van der Waals surface area contributed by atoms with Crippen LogP contribution in [-0.2, 0) is 14.4 Å². The molecule has 1 heterocycles. The molecule has 3 amide bonds. The molecule has 0 unspecified atom stereocenters. The van der Waals surface area contributed by atoms with Crippen molar-refractivity contribution in [2.75, 3.05) is 31.5 Å². The van der Waals surface area contributed by atoms with E-state index >= 15 is 0 Å². The highest BCUT2D eigenvalue weighted by Gasteiger charge is 2.32. The molecular weight excluding hydrogens is 277 g/mol. The van der Waals surface area contributed by atoms with Crippen LogP contribution in [0.4, 0.5) is 10.1 Å². The van der Waals surface area contributed by atoms with Crippen LogP contribution in [0.1, 0.15) is 6.92 Å². The first kappa shape index (κ1) is 15.0. The Labute approximate surface area is 121 Å². The van der Waals surface area contributed by atoms with Crippen LogP contribution in [0, 0.1) is 5.82 Å². The van der Waals surface area contributed by atoms with E-state index in [0.29, 0.717) is 19.6 Å². The molecule has 21 heavy (non-hydrogen) atoms. The third-order valence-corrected chi connectivity index (χ3v) is 3.26. The number of anilines is 1. The zero-order chi connectivity index (χ0) is 15.4. The lowest BCUT2D eigenvalue weighted by Crippen LogP contribution is -2.55. The molecule has 1 saturated heterocycles. The maximum Gasteiger partial charge on any atom is 0.312 e. The highest BCUT2D eigenvalue weighted by Crippen LogP contribution is 2.12. The molecule has 0 atom stereocenters. The number of hydrogen-bond acceptors (Lipinski definition) is 3. The number of rotatable bonds is 4. The molecule has 6 nitrogen and oxygen atoms in total. The molecule has 1 aromatic carbocycles. The summed E-state index contributed by atoms with van der Waals surface area (Å²) in [6.07, 6.45) is 0. The maximum absolute atomic E-state index is 13.4. The molecule has 1 N–H and O–H groups in total. The van der Waals surface area contributed by atoms with Crippen molar-refractivity contribution in [1.29, 1.82) is 0 Å². The number of benzene rings is 1. The molecule has 1 aliphatic rings. The minimum atomic E-state index is -0.702. The standard InChI is InChI=1S/C14H16FN3O3/c1-2-17-7-8-18(14(21)13(17)20)9-12(19)16-11-6-4-3-5-10(11)15/h3-6H,2,7-9H2,1H3,(H,16,19). The Morgan fingerprint density at radius 2 is 1.81 bits per heavy atom. The number of likely N-dealkylation sites (N-methyl/N-ethyl adjacent to an activating group) is 1. The normalized spacial score (nSPS) is 15.3. The van der Waals surface area contributed by atoms with Gasteiger partial charge in [-0.25, -0.2) is 4.39 Å². The average Bonchev–Trinajstić information content (AvgIpc) is 2.47. The second kappa shape index (κ2) is 6.34. The molecule has 0 radical (unpaired) electrons. The zero-order valence-corrected chi connectivity index (χ0v) is 11.6. The Bertz CT molecular complexity index is 576. The Balaban J connectivity index is 1.96. The lowest BCUT2D eigenvalue weighted by molar-refractivity contribution is -0.156. The van der Waals surface area contributed by atoms with E-state index in [4.69, 9.17) is 0 Å². The molecule has 2 rings (SSSR count). The topological polar surface area (TPSA) is 69.7 Å². The van der Waals surface area contributed by atoms with Crippen LogP contribution in [0.5, 0.6) is 0 Å². The summed E-state index contributed by atoms with van der Waals surface area (Å²) in [5.41, 5.74) is 0.0495. The number of halogens is 1. The molecule has 1 aromatic rings. The predicted molar refractivity (Wildman–Crippen MR) is 73.9 cm³/mol. The fourth-order valence-electron chi connectivity index (χ4n) is 2.09. The molecule has 0 aliphatic carbocycles. The summed E-state index contributed by atoms with van der Waals surface area (Å²) in [5.74, 6) is -2.40. The number of hydrogen-bond donors (Lipinski definition) is 1. The van der Waals surface area contributed by atoms with Crippen LogP contribution in [0.15, 0.2) is 24.3 Å². The fourth-order valence-corrected chi connectivity index (χ4v) is 2.09. The van der Waals surface area contributed by atoms with Gasteiger partial charge in [0.25, 0.3) is 0 Å². The molecule has 0 spiro atoms. The summed E-state index contributed by atoms with van der Waals surface area (Å²) in [5, 5.41) is 2.39. The van der Waals surface area contributed by atoms with Gasteiger partial charge in [0.05, 0.1) is 5.69 Å². The highest BCUT2D eigenvalue weighted by molar-refractivity contribution is 6.35. The lowest BCUT2D eigenvalue weighted by Gasteiger charge is -2.32. The van der Waals surface area contributed by atoms with Crippen LogP contribution in [-0.4, -0.2) is 53.7 Å². The number of nitrogens with zero attached hydrogens (tertiary/aromatic N) is 2. The summed E-state index contributed by atoms with van der Waals surface area (Å²) in [7, 11) is 0. The van der Waals surface area contributed by atoms with Crippen molar-refractivity contribution in [1.82, 2.24) is 9.80 Å². The number of carbonyl (C=O) groups is 3. The van der Waals surface area contributed by atoms with Crippen molar-refractivity contribution in [2.24, 2.45) is 0 Å². The van der Waals surface area contributed by atoms with E-state index in [9.17, 15) is 18.8 Å². The number of carbonyl (C=O) groups excluding carboxylic acids is 3. The third kappa shape index (κ3) is 3.36. The molecule has 1 fully saturated rings. The van der Waals surface area contributed by atoms with Crippen LogP contribution >= 0.6 is 0 Å². The first-order valence-electron chi connectivity index (χ1n) is 6.65. The fraction of sp³-hybridized carbons (Fsp3) is 0.357. The quantitative estimate of drug-likeness (QED) is 0.820. The van der Waals surface area contributed by atoms with Gasteiger partial charge in [0, 0.05) is 19.6 Å². The summed E-state index contributed by atoms with van der Waals surface area (Å²) in [4.78, 5) is 38.0. The van der Waals surface area contributed by atoms with Crippen molar-refractivity contribution >= 4 is 23.4 Å². The van der Waals surface area contributed by atoms with Crippen molar-refractivity contribution < 1.29 is 18.8 Å². The van der Waals surface area contributed by atoms with Gasteiger partial charge >= 0.3 is 11.8 Å². The van der Waals surface area contributed by atoms with E-state index in [1.165, 1.54) is 28.0 Å². The lowest BCUT2D eigenvalue weighted by atomic mass is 10.2. The van der Waals surface area contributed by atoms with Crippen LogP contribution in [0.3, 0.4) is 0 Å². The van der Waals surface area contributed by atoms with Crippen LogP contribution in [0.2, 0.25) is 0 Å². The van der Waals surface area contributed by atoms with Crippen LogP contribution in [0.25, 0.3) is 0 Å². The van der Waals surface area contributed by atoms with Crippen LogP contribution < -0.4 is 5.32 Å². The van der Waals surface area contributed by atoms with Gasteiger partial charge in [0.2, 0.25) is 5.91 Å². The molecule has 112 valence electrons. The zero-order valence-electron chi connectivity index (χ0n) is 11.6. The number of amides is 3. The summed E-state index contributed by atoms with van der Waals surface area (Å²) in [6, 6.07) is 5.75.